The van der Waals surface area contributed by atoms with Crippen LogP contribution in [0.3, 0.4) is 0 Å². The fourth-order valence-corrected chi connectivity index (χ4v) is 2.61. The van der Waals surface area contributed by atoms with Gasteiger partial charge in [0.15, 0.2) is 0 Å². The summed E-state index contributed by atoms with van der Waals surface area (Å²) < 4.78 is 5.34. The zero-order chi connectivity index (χ0) is 13.0. The number of hydrogen-bond donors (Lipinski definition) is 0. The van der Waals surface area contributed by atoms with Crippen molar-refractivity contribution < 1.29 is 4.74 Å². The second-order valence-electron chi connectivity index (χ2n) is 4.57. The minimum atomic E-state index is 0.0161. The van der Waals surface area contributed by atoms with Gasteiger partial charge in [-0.25, -0.2) is 0 Å². The van der Waals surface area contributed by atoms with E-state index in [2.05, 4.69) is 11.0 Å². The molecular formula is C14H17ClN2O. The first kappa shape index (κ1) is 13.2. The first-order valence-corrected chi connectivity index (χ1v) is 6.58. The van der Waals surface area contributed by atoms with Crippen LogP contribution >= 0.6 is 11.6 Å². The van der Waals surface area contributed by atoms with Crippen LogP contribution in [-0.4, -0.2) is 24.6 Å². The van der Waals surface area contributed by atoms with E-state index in [1.54, 1.807) is 7.11 Å². The molecule has 1 atom stereocenters. The largest absolute Gasteiger partial charge is 0.496 e. The van der Waals surface area contributed by atoms with E-state index in [9.17, 15) is 5.26 Å². The lowest BCUT2D eigenvalue weighted by Gasteiger charge is -2.31. The SMILES string of the molecule is COc1ccc(Cl)cc1CN1CCCCC1C#N. The van der Waals surface area contributed by atoms with Crippen LogP contribution in [0.5, 0.6) is 5.75 Å². The Morgan fingerprint density at radius 1 is 1.50 bits per heavy atom. The number of rotatable bonds is 3. The van der Waals surface area contributed by atoms with Crippen LogP contribution in [0.2, 0.25) is 5.02 Å². The third kappa shape index (κ3) is 2.95. The molecule has 3 nitrogen and oxygen atoms in total. The Balaban J connectivity index is 2.17. The molecule has 18 heavy (non-hydrogen) atoms. The van der Waals surface area contributed by atoms with Gasteiger partial charge in [-0.15, -0.1) is 0 Å². The molecule has 0 radical (unpaired) electrons. The van der Waals surface area contributed by atoms with Crippen molar-refractivity contribution >= 4 is 11.6 Å². The van der Waals surface area contributed by atoms with Gasteiger partial charge in [0.05, 0.1) is 19.2 Å². The highest BCUT2D eigenvalue weighted by Crippen LogP contribution is 2.26. The number of nitriles is 1. The second kappa shape index (κ2) is 6.08. The molecule has 1 saturated heterocycles. The third-order valence-electron chi connectivity index (χ3n) is 3.38. The molecule has 0 spiro atoms. The smallest absolute Gasteiger partial charge is 0.123 e. The first-order valence-electron chi connectivity index (χ1n) is 6.20. The van der Waals surface area contributed by atoms with E-state index in [0.29, 0.717) is 5.02 Å². The van der Waals surface area contributed by atoms with Crippen molar-refractivity contribution in [3.8, 4) is 11.8 Å². The van der Waals surface area contributed by atoms with Crippen molar-refractivity contribution in [2.75, 3.05) is 13.7 Å². The Kier molecular flexibility index (Phi) is 4.46. The van der Waals surface area contributed by atoms with Crippen molar-refractivity contribution in [3.05, 3.63) is 28.8 Å². The monoisotopic (exact) mass is 264 g/mol. The number of hydrogen-bond acceptors (Lipinski definition) is 3. The summed E-state index contributed by atoms with van der Waals surface area (Å²) in [6.45, 7) is 1.69. The molecule has 0 saturated carbocycles. The van der Waals surface area contributed by atoms with E-state index in [4.69, 9.17) is 16.3 Å². The highest BCUT2D eigenvalue weighted by atomic mass is 35.5. The highest BCUT2D eigenvalue weighted by molar-refractivity contribution is 6.30. The van der Waals surface area contributed by atoms with Crippen LogP contribution in [0, 0.1) is 11.3 Å². The first-order chi connectivity index (χ1) is 8.74. The lowest BCUT2D eigenvalue weighted by Crippen LogP contribution is -2.37. The number of benzene rings is 1. The summed E-state index contributed by atoms with van der Waals surface area (Å²) in [5, 5.41) is 9.88. The van der Waals surface area contributed by atoms with Gasteiger partial charge in [0.2, 0.25) is 0 Å². The Bertz CT molecular complexity index is 456. The number of piperidine rings is 1. The molecule has 1 aromatic carbocycles. The number of nitrogens with zero attached hydrogens (tertiary/aromatic N) is 2. The molecule has 1 unspecified atom stereocenters. The molecule has 0 aromatic heterocycles. The van der Waals surface area contributed by atoms with Crippen molar-refractivity contribution in [1.29, 1.82) is 5.26 Å². The maximum atomic E-state index is 9.17. The Labute approximate surface area is 113 Å². The van der Waals surface area contributed by atoms with Gasteiger partial charge >= 0.3 is 0 Å². The predicted octanol–water partition coefficient (Wildman–Crippen LogP) is 3.23. The number of ether oxygens (including phenoxy) is 1. The number of halogens is 1. The summed E-state index contributed by atoms with van der Waals surface area (Å²) in [4.78, 5) is 2.21. The van der Waals surface area contributed by atoms with Crippen molar-refractivity contribution in [3.63, 3.8) is 0 Å². The van der Waals surface area contributed by atoms with Gasteiger partial charge in [-0.05, 0) is 44.0 Å². The van der Waals surface area contributed by atoms with Gasteiger partial charge in [0.1, 0.15) is 5.75 Å². The topological polar surface area (TPSA) is 36.3 Å². The number of likely N-dealkylation sites (tertiary alicyclic amines) is 1. The normalized spacial score (nSPS) is 20.4. The van der Waals surface area contributed by atoms with Gasteiger partial charge in [-0.2, -0.15) is 5.26 Å². The molecule has 2 rings (SSSR count). The molecule has 4 heteroatoms. The summed E-state index contributed by atoms with van der Waals surface area (Å²) >= 11 is 6.02. The summed E-state index contributed by atoms with van der Waals surface area (Å²) in [5.74, 6) is 0.835. The van der Waals surface area contributed by atoms with E-state index in [0.717, 1.165) is 43.7 Å². The van der Waals surface area contributed by atoms with Crippen molar-refractivity contribution in [2.45, 2.75) is 31.8 Å². The van der Waals surface area contributed by atoms with Crippen LogP contribution in [-0.2, 0) is 6.54 Å². The van der Waals surface area contributed by atoms with Crippen molar-refractivity contribution in [1.82, 2.24) is 4.90 Å². The maximum Gasteiger partial charge on any atom is 0.123 e. The van der Waals surface area contributed by atoms with Crippen molar-refractivity contribution in [2.24, 2.45) is 0 Å². The standard InChI is InChI=1S/C14H17ClN2O/c1-18-14-6-5-12(15)8-11(14)10-17-7-3-2-4-13(17)9-16/h5-6,8,13H,2-4,7,10H2,1H3. The molecule has 0 amide bonds. The third-order valence-corrected chi connectivity index (χ3v) is 3.61. The summed E-state index contributed by atoms with van der Waals surface area (Å²) in [5.41, 5.74) is 1.05. The van der Waals surface area contributed by atoms with Crippen LogP contribution in [0.1, 0.15) is 24.8 Å². The molecule has 1 aliphatic rings. The Morgan fingerprint density at radius 2 is 2.33 bits per heavy atom. The molecule has 96 valence electrons. The number of methoxy groups -OCH3 is 1. The highest BCUT2D eigenvalue weighted by Gasteiger charge is 2.22. The van der Waals surface area contributed by atoms with E-state index in [1.165, 1.54) is 0 Å². The molecule has 1 aliphatic heterocycles. The van der Waals surface area contributed by atoms with Crippen LogP contribution < -0.4 is 4.74 Å². The van der Waals surface area contributed by atoms with Gasteiger partial charge in [-0.3, -0.25) is 4.90 Å². The lowest BCUT2D eigenvalue weighted by atomic mass is 10.0. The quantitative estimate of drug-likeness (QED) is 0.841. The summed E-state index contributed by atoms with van der Waals surface area (Å²) in [6, 6.07) is 8.01. The minimum absolute atomic E-state index is 0.0161. The summed E-state index contributed by atoms with van der Waals surface area (Å²) in [6.07, 6.45) is 3.25. The molecule has 1 fully saturated rings. The minimum Gasteiger partial charge on any atom is -0.496 e. The predicted molar refractivity (Wildman–Crippen MR) is 71.7 cm³/mol. The van der Waals surface area contributed by atoms with E-state index < -0.39 is 0 Å². The zero-order valence-corrected chi connectivity index (χ0v) is 11.3. The molecule has 0 bridgehead atoms. The van der Waals surface area contributed by atoms with E-state index in [1.807, 2.05) is 18.2 Å². The Morgan fingerprint density at radius 3 is 3.06 bits per heavy atom. The van der Waals surface area contributed by atoms with Gasteiger partial charge in [0, 0.05) is 17.1 Å². The molecule has 0 N–H and O–H groups in total. The van der Waals surface area contributed by atoms with E-state index in [-0.39, 0.29) is 6.04 Å². The van der Waals surface area contributed by atoms with Gasteiger partial charge in [-0.1, -0.05) is 11.6 Å². The summed E-state index contributed by atoms with van der Waals surface area (Å²) in [7, 11) is 1.66. The zero-order valence-electron chi connectivity index (χ0n) is 10.5. The molecule has 1 aromatic rings. The molecular weight excluding hydrogens is 248 g/mol. The lowest BCUT2D eigenvalue weighted by molar-refractivity contribution is 0.174. The van der Waals surface area contributed by atoms with Crippen LogP contribution in [0.4, 0.5) is 0 Å². The second-order valence-corrected chi connectivity index (χ2v) is 5.00. The maximum absolute atomic E-state index is 9.17. The van der Waals surface area contributed by atoms with E-state index >= 15 is 0 Å². The fraction of sp³-hybridized carbons (Fsp3) is 0.500. The average Bonchev–Trinajstić information content (AvgIpc) is 2.40. The average molecular weight is 265 g/mol. The molecule has 1 heterocycles. The van der Waals surface area contributed by atoms with Crippen LogP contribution in [0.25, 0.3) is 0 Å². The molecule has 0 aliphatic carbocycles. The van der Waals surface area contributed by atoms with Gasteiger partial charge in [0.25, 0.3) is 0 Å². The Hall–Kier alpha value is -1.24. The van der Waals surface area contributed by atoms with Gasteiger partial charge < -0.3 is 4.74 Å². The van der Waals surface area contributed by atoms with Crippen LogP contribution in [0.15, 0.2) is 18.2 Å². The fourth-order valence-electron chi connectivity index (χ4n) is 2.42.